The van der Waals surface area contributed by atoms with Crippen LogP contribution in [0.1, 0.15) is 23.7 Å². The summed E-state index contributed by atoms with van der Waals surface area (Å²) < 4.78 is 0. The third kappa shape index (κ3) is 2.25. The lowest BCUT2D eigenvalue weighted by Gasteiger charge is -1.93. The topological polar surface area (TPSA) is 17.1 Å². The van der Waals surface area contributed by atoms with Gasteiger partial charge in [0.1, 0.15) is 0 Å². The van der Waals surface area contributed by atoms with Gasteiger partial charge in [0.25, 0.3) is 0 Å². The third-order valence-corrected chi connectivity index (χ3v) is 1.52. The van der Waals surface area contributed by atoms with Gasteiger partial charge in [-0.25, -0.2) is 0 Å². The first-order valence-corrected chi connectivity index (χ1v) is 3.82. The van der Waals surface area contributed by atoms with Gasteiger partial charge < -0.3 is 0 Å². The van der Waals surface area contributed by atoms with Gasteiger partial charge >= 0.3 is 0 Å². The second-order valence-electron chi connectivity index (χ2n) is 2.39. The van der Waals surface area contributed by atoms with Crippen molar-refractivity contribution in [3.8, 4) is 11.8 Å². The first-order chi connectivity index (χ1) is 5.84. The summed E-state index contributed by atoms with van der Waals surface area (Å²) in [6.07, 6.45) is 0.320. The summed E-state index contributed by atoms with van der Waals surface area (Å²) >= 11 is 0. The predicted molar refractivity (Wildman–Crippen MR) is 48.8 cm³/mol. The van der Waals surface area contributed by atoms with Crippen LogP contribution in [0, 0.1) is 11.8 Å². The molecule has 1 aromatic rings. The van der Waals surface area contributed by atoms with Crippen LogP contribution in [0.2, 0.25) is 0 Å². The summed E-state index contributed by atoms with van der Waals surface area (Å²) in [4.78, 5) is 11.3. The summed E-state index contributed by atoms with van der Waals surface area (Å²) in [5.41, 5.74) is 0.736. The molecular formula is C11H10O. The number of Topliss-reactive ketones (excluding diaryl/α,β-unsaturated/α-hetero) is 1. The van der Waals surface area contributed by atoms with E-state index in [1.54, 1.807) is 19.1 Å². The zero-order valence-electron chi connectivity index (χ0n) is 7.00. The Morgan fingerprint density at radius 3 is 2.58 bits per heavy atom. The van der Waals surface area contributed by atoms with Gasteiger partial charge in [0.15, 0.2) is 5.78 Å². The number of hydrogen-bond acceptors (Lipinski definition) is 1. The lowest BCUT2D eigenvalue weighted by molar-refractivity contribution is 0.0998. The van der Waals surface area contributed by atoms with Crippen molar-refractivity contribution in [2.45, 2.75) is 13.3 Å². The van der Waals surface area contributed by atoms with E-state index in [0.29, 0.717) is 6.42 Å². The summed E-state index contributed by atoms with van der Waals surface area (Å²) in [6.45, 7) is 1.73. The number of benzene rings is 1. The minimum atomic E-state index is 0.0879. The molecule has 1 aromatic carbocycles. The molecule has 0 aliphatic carbocycles. The number of hydrogen-bond donors (Lipinski definition) is 0. The minimum Gasteiger partial charge on any atom is -0.293 e. The second-order valence-corrected chi connectivity index (χ2v) is 2.39. The lowest BCUT2D eigenvalue weighted by Crippen LogP contribution is -1.95. The quantitative estimate of drug-likeness (QED) is 0.476. The number of carbonyl (C=O) groups is 1. The number of rotatable bonds is 2. The Morgan fingerprint density at radius 2 is 2.00 bits per heavy atom. The first kappa shape index (κ1) is 8.55. The molecule has 0 aliphatic heterocycles. The van der Waals surface area contributed by atoms with Crippen LogP contribution in [0.4, 0.5) is 0 Å². The highest BCUT2D eigenvalue weighted by molar-refractivity contribution is 5.97. The van der Waals surface area contributed by atoms with E-state index in [2.05, 4.69) is 11.8 Å². The van der Waals surface area contributed by atoms with Crippen LogP contribution in [-0.4, -0.2) is 5.78 Å². The van der Waals surface area contributed by atoms with E-state index >= 15 is 0 Å². The number of carbonyl (C=O) groups excluding carboxylic acids is 1. The Morgan fingerprint density at radius 1 is 1.33 bits per heavy atom. The van der Waals surface area contributed by atoms with E-state index in [-0.39, 0.29) is 5.78 Å². The van der Waals surface area contributed by atoms with Crippen LogP contribution in [0.5, 0.6) is 0 Å². The maximum Gasteiger partial charge on any atom is 0.174 e. The SMILES string of the molecule is CC#CCC(=O)c1ccccc1. The van der Waals surface area contributed by atoms with Gasteiger partial charge in [0.05, 0.1) is 6.42 Å². The molecule has 0 fully saturated rings. The highest BCUT2D eigenvalue weighted by atomic mass is 16.1. The molecule has 0 saturated heterocycles. The highest BCUT2D eigenvalue weighted by Crippen LogP contribution is 2.01. The fourth-order valence-electron chi connectivity index (χ4n) is 0.895. The summed E-state index contributed by atoms with van der Waals surface area (Å²) in [7, 11) is 0. The highest BCUT2D eigenvalue weighted by Gasteiger charge is 2.00. The molecule has 0 N–H and O–H groups in total. The fourth-order valence-corrected chi connectivity index (χ4v) is 0.895. The maximum absolute atomic E-state index is 11.3. The molecular weight excluding hydrogens is 148 g/mol. The second kappa shape index (κ2) is 4.35. The molecule has 0 atom stereocenters. The summed E-state index contributed by atoms with van der Waals surface area (Å²) in [6, 6.07) is 9.21. The van der Waals surface area contributed by atoms with Gasteiger partial charge in [0.2, 0.25) is 0 Å². The maximum atomic E-state index is 11.3. The zero-order valence-corrected chi connectivity index (χ0v) is 7.00. The summed E-state index contributed by atoms with van der Waals surface area (Å²) in [5, 5.41) is 0. The Balaban J connectivity index is 2.70. The number of ketones is 1. The smallest absolute Gasteiger partial charge is 0.174 e. The van der Waals surface area contributed by atoms with E-state index in [0.717, 1.165) is 5.56 Å². The Hall–Kier alpha value is -1.55. The van der Waals surface area contributed by atoms with Crippen molar-refractivity contribution < 1.29 is 4.79 Å². The molecule has 0 heterocycles. The minimum absolute atomic E-state index is 0.0879. The van der Waals surface area contributed by atoms with Crippen molar-refractivity contribution in [2.24, 2.45) is 0 Å². The predicted octanol–water partition coefficient (Wildman–Crippen LogP) is 2.28. The Labute approximate surface area is 72.4 Å². The molecule has 0 aromatic heterocycles. The van der Waals surface area contributed by atoms with E-state index in [1.807, 2.05) is 18.2 Å². The average molecular weight is 158 g/mol. The van der Waals surface area contributed by atoms with Crippen LogP contribution in [-0.2, 0) is 0 Å². The van der Waals surface area contributed by atoms with E-state index in [9.17, 15) is 4.79 Å². The fraction of sp³-hybridized carbons (Fsp3) is 0.182. The molecule has 0 spiro atoms. The molecule has 60 valence electrons. The normalized spacial score (nSPS) is 8.42. The van der Waals surface area contributed by atoms with Crippen LogP contribution in [0.15, 0.2) is 30.3 Å². The van der Waals surface area contributed by atoms with Gasteiger partial charge in [-0.1, -0.05) is 36.3 Å². The largest absolute Gasteiger partial charge is 0.293 e. The van der Waals surface area contributed by atoms with Gasteiger partial charge in [-0.2, -0.15) is 0 Å². The van der Waals surface area contributed by atoms with Gasteiger partial charge in [-0.05, 0) is 6.92 Å². The summed E-state index contributed by atoms with van der Waals surface area (Å²) in [5.74, 6) is 5.53. The Kier molecular flexibility index (Phi) is 3.10. The van der Waals surface area contributed by atoms with Crippen molar-refractivity contribution in [2.75, 3.05) is 0 Å². The molecule has 0 amide bonds. The van der Waals surface area contributed by atoms with Crippen LogP contribution in [0.3, 0.4) is 0 Å². The molecule has 0 aliphatic rings. The zero-order chi connectivity index (χ0) is 8.81. The Bertz CT molecular complexity index is 314. The van der Waals surface area contributed by atoms with Gasteiger partial charge in [0, 0.05) is 5.56 Å². The van der Waals surface area contributed by atoms with Crippen molar-refractivity contribution in [1.29, 1.82) is 0 Å². The molecule has 0 radical (unpaired) electrons. The van der Waals surface area contributed by atoms with Crippen LogP contribution < -0.4 is 0 Å². The van der Waals surface area contributed by atoms with E-state index in [4.69, 9.17) is 0 Å². The molecule has 12 heavy (non-hydrogen) atoms. The van der Waals surface area contributed by atoms with Crippen LogP contribution >= 0.6 is 0 Å². The van der Waals surface area contributed by atoms with Crippen molar-refractivity contribution in [3.63, 3.8) is 0 Å². The molecule has 1 heteroatoms. The van der Waals surface area contributed by atoms with Crippen molar-refractivity contribution >= 4 is 5.78 Å². The molecule has 0 saturated carbocycles. The molecule has 0 unspecified atom stereocenters. The molecule has 0 bridgehead atoms. The third-order valence-electron chi connectivity index (χ3n) is 1.52. The van der Waals surface area contributed by atoms with E-state index < -0.39 is 0 Å². The standard InChI is InChI=1S/C11H10O/c1-2-3-9-11(12)10-7-5-4-6-8-10/h4-8H,9H2,1H3. The first-order valence-electron chi connectivity index (χ1n) is 3.82. The van der Waals surface area contributed by atoms with Gasteiger partial charge in [-0.3, -0.25) is 4.79 Å². The van der Waals surface area contributed by atoms with Crippen LogP contribution in [0.25, 0.3) is 0 Å². The van der Waals surface area contributed by atoms with Crippen molar-refractivity contribution in [1.82, 2.24) is 0 Å². The lowest BCUT2D eigenvalue weighted by atomic mass is 10.1. The average Bonchev–Trinajstić information content (AvgIpc) is 2.15. The molecule has 1 nitrogen and oxygen atoms in total. The monoisotopic (exact) mass is 158 g/mol. The van der Waals surface area contributed by atoms with Gasteiger partial charge in [-0.15, -0.1) is 5.92 Å². The van der Waals surface area contributed by atoms with E-state index in [1.165, 1.54) is 0 Å². The molecule has 1 rings (SSSR count). The van der Waals surface area contributed by atoms with Crippen molar-refractivity contribution in [3.05, 3.63) is 35.9 Å².